The highest BCUT2D eigenvalue weighted by molar-refractivity contribution is 6.34. The minimum Gasteiger partial charge on any atom is -0.488 e. The van der Waals surface area contributed by atoms with Crippen molar-refractivity contribution in [3.05, 3.63) is 34.9 Å². The number of anilines is 1. The standard InChI is InChI=1S/C15H16ClNO2/c1-2-6-15(18)8-19-14-11(16)7-12(17)9-4-3-5-10(15)13(9)14/h3-5,7,18H,2,6,8,17H2,1H3. The molecule has 1 heterocycles. The molecule has 3 nitrogen and oxygen atoms in total. The van der Waals surface area contributed by atoms with Gasteiger partial charge in [0.1, 0.15) is 18.0 Å². The molecule has 0 aliphatic carbocycles. The Kier molecular flexibility index (Phi) is 2.84. The van der Waals surface area contributed by atoms with Crippen molar-refractivity contribution in [2.24, 2.45) is 0 Å². The Morgan fingerprint density at radius 2 is 2.26 bits per heavy atom. The van der Waals surface area contributed by atoms with Crippen molar-refractivity contribution in [1.29, 1.82) is 0 Å². The molecule has 2 aromatic rings. The molecule has 2 aromatic carbocycles. The van der Waals surface area contributed by atoms with E-state index in [1.54, 1.807) is 6.07 Å². The van der Waals surface area contributed by atoms with Crippen molar-refractivity contribution >= 4 is 28.1 Å². The molecule has 3 N–H and O–H groups in total. The summed E-state index contributed by atoms with van der Waals surface area (Å²) in [5.74, 6) is 0.627. The molecule has 1 atom stereocenters. The second-order valence-corrected chi connectivity index (χ2v) is 5.48. The molecule has 0 saturated carbocycles. The molecular formula is C15H16ClNO2. The predicted molar refractivity (Wildman–Crippen MR) is 77.7 cm³/mol. The molecule has 1 aliphatic heterocycles. The minimum absolute atomic E-state index is 0.233. The summed E-state index contributed by atoms with van der Waals surface area (Å²) in [5.41, 5.74) is 6.52. The van der Waals surface area contributed by atoms with E-state index in [2.05, 4.69) is 0 Å². The number of benzene rings is 2. The van der Waals surface area contributed by atoms with E-state index in [1.165, 1.54) is 0 Å². The fourth-order valence-electron chi connectivity index (χ4n) is 2.86. The first kappa shape index (κ1) is 12.6. The molecule has 0 saturated heterocycles. The summed E-state index contributed by atoms with van der Waals surface area (Å²) in [4.78, 5) is 0. The predicted octanol–water partition coefficient (Wildman–Crippen LogP) is 3.46. The van der Waals surface area contributed by atoms with Gasteiger partial charge in [0.05, 0.1) is 5.02 Å². The molecule has 19 heavy (non-hydrogen) atoms. The van der Waals surface area contributed by atoms with Gasteiger partial charge < -0.3 is 15.6 Å². The van der Waals surface area contributed by atoms with Crippen molar-refractivity contribution in [1.82, 2.24) is 0 Å². The summed E-state index contributed by atoms with van der Waals surface area (Å²) in [5, 5.41) is 13.0. The summed E-state index contributed by atoms with van der Waals surface area (Å²) < 4.78 is 5.71. The fraction of sp³-hybridized carbons (Fsp3) is 0.333. The summed E-state index contributed by atoms with van der Waals surface area (Å²) in [6, 6.07) is 7.47. The maximum absolute atomic E-state index is 10.8. The van der Waals surface area contributed by atoms with E-state index in [9.17, 15) is 5.11 Å². The lowest BCUT2D eigenvalue weighted by Crippen LogP contribution is -2.36. The van der Waals surface area contributed by atoms with Crippen LogP contribution in [0, 0.1) is 0 Å². The van der Waals surface area contributed by atoms with Gasteiger partial charge in [-0.3, -0.25) is 0 Å². The van der Waals surface area contributed by atoms with E-state index in [0.717, 1.165) is 22.8 Å². The van der Waals surface area contributed by atoms with E-state index in [-0.39, 0.29) is 6.61 Å². The van der Waals surface area contributed by atoms with Crippen LogP contribution in [0.4, 0.5) is 5.69 Å². The van der Waals surface area contributed by atoms with Crippen molar-refractivity contribution in [2.75, 3.05) is 12.3 Å². The van der Waals surface area contributed by atoms with Gasteiger partial charge in [0, 0.05) is 16.5 Å². The van der Waals surface area contributed by atoms with Crippen LogP contribution >= 0.6 is 11.6 Å². The van der Waals surface area contributed by atoms with Crippen molar-refractivity contribution in [3.63, 3.8) is 0 Å². The first-order valence-electron chi connectivity index (χ1n) is 6.43. The molecular weight excluding hydrogens is 262 g/mol. The molecule has 0 fully saturated rings. The maximum Gasteiger partial charge on any atom is 0.146 e. The van der Waals surface area contributed by atoms with Crippen LogP contribution in [0.15, 0.2) is 24.3 Å². The van der Waals surface area contributed by atoms with Crippen LogP contribution in [0.5, 0.6) is 5.75 Å². The molecule has 100 valence electrons. The Balaban J connectivity index is 2.38. The lowest BCUT2D eigenvalue weighted by Gasteiger charge is -2.34. The van der Waals surface area contributed by atoms with Gasteiger partial charge in [-0.15, -0.1) is 0 Å². The lowest BCUT2D eigenvalue weighted by atomic mass is 9.84. The van der Waals surface area contributed by atoms with Crippen LogP contribution in [0.3, 0.4) is 0 Å². The van der Waals surface area contributed by atoms with Crippen molar-refractivity contribution in [3.8, 4) is 5.75 Å². The van der Waals surface area contributed by atoms with E-state index >= 15 is 0 Å². The highest BCUT2D eigenvalue weighted by Crippen LogP contribution is 2.46. The van der Waals surface area contributed by atoms with E-state index in [4.69, 9.17) is 22.1 Å². The number of ether oxygens (including phenoxy) is 1. The van der Waals surface area contributed by atoms with Crippen LogP contribution in [0.2, 0.25) is 5.02 Å². The molecule has 1 unspecified atom stereocenters. The third-order valence-electron chi connectivity index (χ3n) is 3.72. The third-order valence-corrected chi connectivity index (χ3v) is 4.00. The molecule has 0 amide bonds. The number of nitrogens with two attached hydrogens (primary N) is 1. The van der Waals surface area contributed by atoms with E-state index in [1.807, 2.05) is 25.1 Å². The number of halogens is 1. The molecule has 0 aromatic heterocycles. The van der Waals surface area contributed by atoms with Crippen LogP contribution in [0.1, 0.15) is 25.3 Å². The average Bonchev–Trinajstić information content (AvgIpc) is 2.38. The Labute approximate surface area is 116 Å². The minimum atomic E-state index is -0.960. The zero-order chi connectivity index (χ0) is 13.6. The highest BCUT2D eigenvalue weighted by atomic mass is 35.5. The van der Waals surface area contributed by atoms with Gasteiger partial charge in [0.25, 0.3) is 0 Å². The molecule has 0 radical (unpaired) electrons. The van der Waals surface area contributed by atoms with Gasteiger partial charge in [-0.05, 0) is 18.1 Å². The van der Waals surface area contributed by atoms with Crippen molar-refractivity contribution < 1.29 is 9.84 Å². The quantitative estimate of drug-likeness (QED) is 0.827. The number of hydrogen-bond donors (Lipinski definition) is 2. The monoisotopic (exact) mass is 277 g/mol. The molecule has 0 bridgehead atoms. The topological polar surface area (TPSA) is 55.5 Å². The number of rotatable bonds is 2. The summed E-state index contributed by atoms with van der Waals surface area (Å²) >= 11 is 6.20. The van der Waals surface area contributed by atoms with Gasteiger partial charge in [-0.2, -0.15) is 0 Å². The largest absolute Gasteiger partial charge is 0.488 e. The molecule has 1 aliphatic rings. The fourth-order valence-corrected chi connectivity index (χ4v) is 3.12. The second kappa shape index (κ2) is 4.29. The first-order valence-corrected chi connectivity index (χ1v) is 6.81. The average molecular weight is 278 g/mol. The summed E-state index contributed by atoms with van der Waals surface area (Å²) in [7, 11) is 0. The third kappa shape index (κ3) is 1.77. The van der Waals surface area contributed by atoms with Crippen LogP contribution in [-0.4, -0.2) is 11.7 Å². The zero-order valence-electron chi connectivity index (χ0n) is 10.7. The zero-order valence-corrected chi connectivity index (χ0v) is 11.5. The Morgan fingerprint density at radius 3 is 3.00 bits per heavy atom. The van der Waals surface area contributed by atoms with Crippen LogP contribution in [0.25, 0.3) is 10.8 Å². The Morgan fingerprint density at radius 1 is 1.47 bits per heavy atom. The first-order chi connectivity index (χ1) is 9.07. The molecule has 0 spiro atoms. The van der Waals surface area contributed by atoms with Crippen molar-refractivity contribution in [2.45, 2.75) is 25.4 Å². The van der Waals surface area contributed by atoms with Gasteiger partial charge in [0.2, 0.25) is 0 Å². The smallest absolute Gasteiger partial charge is 0.146 e. The molecule has 4 heteroatoms. The number of aliphatic hydroxyl groups is 1. The van der Waals surface area contributed by atoms with E-state index in [0.29, 0.717) is 22.9 Å². The molecule has 3 rings (SSSR count). The second-order valence-electron chi connectivity index (χ2n) is 5.08. The van der Waals surface area contributed by atoms with Crippen LogP contribution < -0.4 is 10.5 Å². The summed E-state index contributed by atoms with van der Waals surface area (Å²) in [6.07, 6.45) is 1.53. The van der Waals surface area contributed by atoms with E-state index < -0.39 is 5.60 Å². The maximum atomic E-state index is 10.8. The highest BCUT2D eigenvalue weighted by Gasteiger charge is 2.36. The van der Waals surface area contributed by atoms with Gasteiger partial charge in [-0.1, -0.05) is 43.1 Å². The number of nitrogen functional groups attached to an aromatic ring is 1. The van der Waals surface area contributed by atoms with Gasteiger partial charge in [-0.25, -0.2) is 0 Å². The normalized spacial score (nSPS) is 21.4. The Hall–Kier alpha value is -1.45. The SMILES string of the molecule is CCCC1(O)COc2c(Cl)cc(N)c3cccc1c23. The number of hydrogen-bond acceptors (Lipinski definition) is 3. The van der Waals surface area contributed by atoms with Crippen LogP contribution in [-0.2, 0) is 5.60 Å². The lowest BCUT2D eigenvalue weighted by molar-refractivity contribution is -0.0210. The Bertz CT molecular complexity index is 656. The van der Waals surface area contributed by atoms with Gasteiger partial charge >= 0.3 is 0 Å². The summed E-state index contributed by atoms with van der Waals surface area (Å²) in [6.45, 7) is 2.27. The van der Waals surface area contributed by atoms with Gasteiger partial charge in [0.15, 0.2) is 0 Å².